The maximum absolute atomic E-state index is 12.1. The molecule has 0 spiro atoms. The molecule has 0 N–H and O–H groups in total. The van der Waals surface area contributed by atoms with Crippen molar-refractivity contribution in [2.75, 3.05) is 6.54 Å². The molecule has 4 heteroatoms. The quantitative estimate of drug-likeness (QED) is 0.586. The fourth-order valence-electron chi connectivity index (χ4n) is 1.82. The van der Waals surface area contributed by atoms with Gasteiger partial charge in [0.25, 0.3) is 5.91 Å². The van der Waals surface area contributed by atoms with E-state index in [0.717, 1.165) is 15.6 Å². The van der Waals surface area contributed by atoms with Crippen LogP contribution in [0.5, 0.6) is 0 Å². The van der Waals surface area contributed by atoms with Crippen LogP contribution in [0.4, 0.5) is 0 Å². The average Bonchev–Trinajstić information content (AvgIpc) is 2.68. The molecule has 84 valence electrons. The van der Waals surface area contributed by atoms with Crippen molar-refractivity contribution < 1.29 is 9.59 Å². The summed E-state index contributed by atoms with van der Waals surface area (Å²) in [6, 6.07) is 5.60. The Labute approximate surface area is 108 Å². The maximum Gasteiger partial charge on any atom is 0.261 e. The normalized spacial score (nSPS) is 15.6. The van der Waals surface area contributed by atoms with E-state index >= 15 is 0 Å². The second-order valence-corrected chi connectivity index (χ2v) is 4.97. The molecule has 0 bridgehead atoms. The molecule has 1 aliphatic heterocycles. The first-order valence-electron chi connectivity index (χ1n) is 5.21. The van der Waals surface area contributed by atoms with Crippen molar-refractivity contribution in [3.05, 3.63) is 32.9 Å². The van der Waals surface area contributed by atoms with Crippen LogP contribution in [-0.2, 0) is 4.79 Å². The van der Waals surface area contributed by atoms with Crippen LogP contribution in [-0.4, -0.2) is 23.3 Å². The summed E-state index contributed by atoms with van der Waals surface area (Å²) in [7, 11) is 0. The lowest BCUT2D eigenvalue weighted by Gasteiger charge is -2.15. The number of imide groups is 1. The van der Waals surface area contributed by atoms with E-state index in [1.165, 1.54) is 4.90 Å². The second-order valence-electron chi connectivity index (χ2n) is 3.89. The van der Waals surface area contributed by atoms with Crippen LogP contribution in [0, 0.1) is 10.5 Å². The van der Waals surface area contributed by atoms with Gasteiger partial charge in [0.05, 0.1) is 5.56 Å². The molecule has 1 aromatic carbocycles. The van der Waals surface area contributed by atoms with Crippen LogP contribution in [0.2, 0.25) is 0 Å². The number of halogens is 1. The van der Waals surface area contributed by atoms with E-state index < -0.39 is 0 Å². The highest BCUT2D eigenvalue weighted by molar-refractivity contribution is 14.1. The van der Waals surface area contributed by atoms with Crippen molar-refractivity contribution in [2.45, 2.75) is 19.8 Å². The SMILES string of the molecule is Cc1cccc(C(=O)N2CCCC2=O)c1I. The van der Waals surface area contributed by atoms with Gasteiger partial charge in [-0.3, -0.25) is 14.5 Å². The van der Waals surface area contributed by atoms with E-state index in [9.17, 15) is 9.59 Å². The second kappa shape index (κ2) is 4.53. The lowest BCUT2D eigenvalue weighted by Crippen LogP contribution is -2.32. The molecule has 2 amide bonds. The molecule has 1 heterocycles. The monoisotopic (exact) mass is 329 g/mol. The zero-order valence-electron chi connectivity index (χ0n) is 9.00. The summed E-state index contributed by atoms with van der Waals surface area (Å²) in [5, 5.41) is 0. The van der Waals surface area contributed by atoms with Gasteiger partial charge in [0.2, 0.25) is 5.91 Å². The molecule has 0 aromatic heterocycles. The summed E-state index contributed by atoms with van der Waals surface area (Å²) in [6.45, 7) is 2.52. The van der Waals surface area contributed by atoms with E-state index in [4.69, 9.17) is 0 Å². The topological polar surface area (TPSA) is 37.4 Å². The molecule has 3 nitrogen and oxygen atoms in total. The van der Waals surface area contributed by atoms with Crippen molar-refractivity contribution in [2.24, 2.45) is 0 Å². The third-order valence-electron chi connectivity index (χ3n) is 2.74. The lowest BCUT2D eigenvalue weighted by atomic mass is 10.1. The molecule has 0 radical (unpaired) electrons. The predicted molar refractivity (Wildman–Crippen MR) is 69.2 cm³/mol. The molecule has 1 aliphatic rings. The first kappa shape index (κ1) is 11.6. The molecular weight excluding hydrogens is 317 g/mol. The Balaban J connectivity index is 2.34. The molecule has 0 aliphatic carbocycles. The molecule has 2 rings (SSSR count). The first-order chi connectivity index (χ1) is 7.61. The zero-order chi connectivity index (χ0) is 11.7. The lowest BCUT2D eigenvalue weighted by molar-refractivity contribution is -0.125. The van der Waals surface area contributed by atoms with E-state index in [2.05, 4.69) is 22.6 Å². The fourth-order valence-corrected chi connectivity index (χ4v) is 2.41. The minimum Gasteiger partial charge on any atom is -0.278 e. The standard InChI is InChI=1S/C12H12INO2/c1-8-4-2-5-9(11(8)13)12(16)14-7-3-6-10(14)15/h2,4-5H,3,6-7H2,1H3. The number of amides is 2. The fraction of sp³-hybridized carbons (Fsp3) is 0.333. The molecule has 1 saturated heterocycles. The smallest absolute Gasteiger partial charge is 0.261 e. The summed E-state index contributed by atoms with van der Waals surface area (Å²) in [6.07, 6.45) is 1.28. The molecule has 1 aromatic rings. The van der Waals surface area contributed by atoms with E-state index in [-0.39, 0.29) is 11.8 Å². The minimum atomic E-state index is -0.157. The van der Waals surface area contributed by atoms with Crippen LogP contribution < -0.4 is 0 Å². The van der Waals surface area contributed by atoms with Crippen molar-refractivity contribution in [1.29, 1.82) is 0 Å². The van der Waals surface area contributed by atoms with Gasteiger partial charge in [-0.1, -0.05) is 12.1 Å². The number of carbonyl (C=O) groups excluding carboxylic acids is 2. The molecule has 0 unspecified atom stereocenters. The zero-order valence-corrected chi connectivity index (χ0v) is 11.2. The van der Waals surface area contributed by atoms with Crippen molar-refractivity contribution in [3.8, 4) is 0 Å². The van der Waals surface area contributed by atoms with Crippen LogP contribution in [0.1, 0.15) is 28.8 Å². The summed E-state index contributed by atoms with van der Waals surface area (Å²) in [5.41, 5.74) is 1.70. The van der Waals surface area contributed by atoms with Crippen molar-refractivity contribution >= 4 is 34.4 Å². The largest absolute Gasteiger partial charge is 0.278 e. The number of hydrogen-bond acceptors (Lipinski definition) is 2. The maximum atomic E-state index is 12.1. The molecule has 0 saturated carbocycles. The number of hydrogen-bond donors (Lipinski definition) is 0. The van der Waals surface area contributed by atoms with Gasteiger partial charge in [0.15, 0.2) is 0 Å². The van der Waals surface area contributed by atoms with Crippen molar-refractivity contribution in [3.63, 3.8) is 0 Å². The van der Waals surface area contributed by atoms with E-state index in [1.54, 1.807) is 6.07 Å². The van der Waals surface area contributed by atoms with Gasteiger partial charge in [-0.2, -0.15) is 0 Å². The summed E-state index contributed by atoms with van der Waals surface area (Å²) < 4.78 is 0.935. The number of carbonyl (C=O) groups is 2. The third-order valence-corrected chi connectivity index (χ3v) is 4.17. The van der Waals surface area contributed by atoms with Crippen LogP contribution >= 0.6 is 22.6 Å². The Morgan fingerprint density at radius 2 is 2.19 bits per heavy atom. The van der Waals surface area contributed by atoms with Gasteiger partial charge < -0.3 is 0 Å². The van der Waals surface area contributed by atoms with Crippen molar-refractivity contribution in [1.82, 2.24) is 4.90 Å². The van der Waals surface area contributed by atoms with E-state index in [0.29, 0.717) is 18.5 Å². The highest BCUT2D eigenvalue weighted by Gasteiger charge is 2.28. The van der Waals surface area contributed by atoms with Gasteiger partial charge in [-0.25, -0.2) is 0 Å². The number of aryl methyl sites for hydroxylation is 1. The summed E-state index contributed by atoms with van der Waals surface area (Å²) in [4.78, 5) is 25.0. The summed E-state index contributed by atoms with van der Waals surface area (Å²) in [5.74, 6) is -0.210. The van der Waals surface area contributed by atoms with Crippen LogP contribution in [0.25, 0.3) is 0 Å². The Hall–Kier alpha value is -0.910. The van der Waals surface area contributed by atoms with Crippen LogP contribution in [0.3, 0.4) is 0 Å². The Kier molecular flexibility index (Phi) is 3.28. The third kappa shape index (κ3) is 1.98. The first-order valence-corrected chi connectivity index (χ1v) is 6.29. The minimum absolute atomic E-state index is 0.0534. The van der Waals surface area contributed by atoms with Gasteiger partial charge in [0.1, 0.15) is 0 Å². The molecule has 0 atom stereocenters. The van der Waals surface area contributed by atoms with Gasteiger partial charge in [-0.15, -0.1) is 0 Å². The Morgan fingerprint density at radius 1 is 1.44 bits per heavy atom. The number of likely N-dealkylation sites (tertiary alicyclic amines) is 1. The number of nitrogens with zero attached hydrogens (tertiary/aromatic N) is 1. The van der Waals surface area contributed by atoms with Gasteiger partial charge >= 0.3 is 0 Å². The van der Waals surface area contributed by atoms with Gasteiger partial charge in [0, 0.05) is 16.5 Å². The predicted octanol–water partition coefficient (Wildman–Crippen LogP) is 2.36. The average molecular weight is 329 g/mol. The molecule has 16 heavy (non-hydrogen) atoms. The number of rotatable bonds is 1. The molecule has 1 fully saturated rings. The highest BCUT2D eigenvalue weighted by atomic mass is 127. The van der Waals surface area contributed by atoms with Crippen LogP contribution in [0.15, 0.2) is 18.2 Å². The van der Waals surface area contributed by atoms with Gasteiger partial charge in [-0.05, 0) is 47.6 Å². The summed E-state index contributed by atoms with van der Waals surface area (Å²) >= 11 is 2.15. The molecular formula is C12H12INO2. The Morgan fingerprint density at radius 3 is 2.81 bits per heavy atom. The Bertz CT molecular complexity index is 456. The number of benzene rings is 1. The van der Waals surface area contributed by atoms with E-state index in [1.807, 2.05) is 19.1 Å². The highest BCUT2D eigenvalue weighted by Crippen LogP contribution is 2.21.